The maximum Gasteiger partial charge on any atom is 0.324 e. The molecule has 1 saturated heterocycles. The van der Waals surface area contributed by atoms with Gasteiger partial charge in [0.25, 0.3) is 0 Å². The molecule has 0 amide bonds. The quantitative estimate of drug-likeness (QED) is 0.558. The third kappa shape index (κ3) is 2.47. The summed E-state index contributed by atoms with van der Waals surface area (Å²) in [5.74, 6) is -2.77. The first-order chi connectivity index (χ1) is 8.41. The first-order valence-corrected chi connectivity index (χ1v) is 6.70. The van der Waals surface area contributed by atoms with Gasteiger partial charge in [-0.15, -0.1) is 0 Å². The smallest absolute Gasteiger partial charge is 0.324 e. The van der Waals surface area contributed by atoms with E-state index in [1.165, 1.54) is 0 Å². The van der Waals surface area contributed by atoms with Crippen molar-refractivity contribution in [2.24, 2.45) is 11.8 Å². The van der Waals surface area contributed by atoms with Gasteiger partial charge >= 0.3 is 5.97 Å². The zero-order chi connectivity index (χ0) is 13.9. The number of esters is 1. The standard InChI is InChI=1S/C14H22O4/c1-5-8-10(15)11-12(16)9(6-2)14(4,7-3)18-13(11)17/h9,11H,5-8H2,1-4H3. The van der Waals surface area contributed by atoms with Gasteiger partial charge in [0.15, 0.2) is 17.5 Å². The Kier molecular flexibility index (Phi) is 4.65. The van der Waals surface area contributed by atoms with E-state index in [2.05, 4.69) is 0 Å². The van der Waals surface area contributed by atoms with Gasteiger partial charge in [0.2, 0.25) is 0 Å². The van der Waals surface area contributed by atoms with Crippen LogP contribution in [0.4, 0.5) is 0 Å². The number of rotatable bonds is 5. The van der Waals surface area contributed by atoms with E-state index in [0.717, 1.165) is 0 Å². The van der Waals surface area contributed by atoms with Crippen LogP contribution in [0.5, 0.6) is 0 Å². The number of carbonyl (C=O) groups is 3. The molecule has 18 heavy (non-hydrogen) atoms. The van der Waals surface area contributed by atoms with Crippen LogP contribution in [0.1, 0.15) is 53.4 Å². The lowest BCUT2D eigenvalue weighted by molar-refractivity contribution is -0.185. The molecule has 0 spiro atoms. The van der Waals surface area contributed by atoms with E-state index >= 15 is 0 Å². The third-order valence-corrected chi connectivity index (χ3v) is 3.86. The lowest BCUT2D eigenvalue weighted by atomic mass is 9.73. The van der Waals surface area contributed by atoms with Crippen molar-refractivity contribution in [3.8, 4) is 0 Å². The van der Waals surface area contributed by atoms with Crippen LogP contribution < -0.4 is 0 Å². The van der Waals surface area contributed by atoms with Gasteiger partial charge in [-0.25, -0.2) is 0 Å². The number of hydrogen-bond acceptors (Lipinski definition) is 4. The molecule has 0 aromatic rings. The lowest BCUT2D eigenvalue weighted by Gasteiger charge is -2.41. The highest BCUT2D eigenvalue weighted by Crippen LogP contribution is 2.37. The summed E-state index contributed by atoms with van der Waals surface area (Å²) >= 11 is 0. The van der Waals surface area contributed by atoms with Crippen LogP contribution in [0, 0.1) is 11.8 Å². The molecule has 1 fully saturated rings. The second-order valence-electron chi connectivity index (χ2n) is 5.10. The second-order valence-corrected chi connectivity index (χ2v) is 5.10. The number of hydrogen-bond donors (Lipinski definition) is 0. The molecule has 1 rings (SSSR count). The molecular formula is C14H22O4. The van der Waals surface area contributed by atoms with Gasteiger partial charge in [0.05, 0.1) is 5.92 Å². The van der Waals surface area contributed by atoms with E-state index in [9.17, 15) is 14.4 Å². The molecule has 4 nitrogen and oxygen atoms in total. The average molecular weight is 254 g/mol. The lowest BCUT2D eigenvalue weighted by Crippen LogP contribution is -2.54. The molecule has 4 heteroatoms. The largest absolute Gasteiger partial charge is 0.458 e. The molecule has 1 aliphatic rings. The Bertz CT molecular complexity index is 361. The van der Waals surface area contributed by atoms with Crippen molar-refractivity contribution in [2.75, 3.05) is 0 Å². The summed E-state index contributed by atoms with van der Waals surface area (Å²) in [6.45, 7) is 7.40. The molecule has 1 aliphatic heterocycles. The molecule has 0 aromatic carbocycles. The molecule has 3 unspecified atom stereocenters. The van der Waals surface area contributed by atoms with E-state index in [4.69, 9.17) is 4.74 Å². The minimum atomic E-state index is -1.19. The molecule has 0 aromatic heterocycles. The molecule has 0 aliphatic carbocycles. The Hall–Kier alpha value is -1.19. The summed E-state index contributed by atoms with van der Waals surface area (Å²) < 4.78 is 5.40. The summed E-state index contributed by atoms with van der Waals surface area (Å²) in [6.07, 6.45) is 2.06. The highest BCUT2D eigenvalue weighted by molar-refractivity contribution is 6.19. The van der Waals surface area contributed by atoms with Gasteiger partial charge in [-0.3, -0.25) is 14.4 Å². The third-order valence-electron chi connectivity index (χ3n) is 3.86. The zero-order valence-corrected chi connectivity index (χ0v) is 11.6. The van der Waals surface area contributed by atoms with Crippen molar-refractivity contribution in [2.45, 2.75) is 59.0 Å². The highest BCUT2D eigenvalue weighted by atomic mass is 16.6. The summed E-state index contributed by atoms with van der Waals surface area (Å²) in [4.78, 5) is 36.1. The summed E-state index contributed by atoms with van der Waals surface area (Å²) in [7, 11) is 0. The van der Waals surface area contributed by atoms with Crippen LogP contribution in [-0.4, -0.2) is 23.1 Å². The maximum atomic E-state index is 12.3. The number of carbonyl (C=O) groups excluding carboxylic acids is 3. The average Bonchev–Trinajstić information content (AvgIpc) is 2.29. The van der Waals surface area contributed by atoms with Crippen molar-refractivity contribution >= 4 is 17.5 Å². The van der Waals surface area contributed by atoms with Crippen LogP contribution >= 0.6 is 0 Å². The van der Waals surface area contributed by atoms with Crippen LogP contribution in [0.3, 0.4) is 0 Å². The molecular weight excluding hydrogens is 232 g/mol. The molecule has 1 heterocycles. The van der Waals surface area contributed by atoms with Crippen LogP contribution in [0.15, 0.2) is 0 Å². The van der Waals surface area contributed by atoms with Crippen molar-refractivity contribution < 1.29 is 19.1 Å². The van der Waals surface area contributed by atoms with Crippen LogP contribution in [0.25, 0.3) is 0 Å². The fourth-order valence-electron chi connectivity index (χ4n) is 2.61. The Morgan fingerprint density at radius 2 is 1.89 bits per heavy atom. The normalized spacial score (nSPS) is 32.2. The fraction of sp³-hybridized carbons (Fsp3) is 0.786. The summed E-state index contributed by atoms with van der Waals surface area (Å²) in [5.41, 5.74) is -0.758. The van der Waals surface area contributed by atoms with Crippen LogP contribution in [0.2, 0.25) is 0 Å². The minimum absolute atomic E-state index is 0.253. The fourth-order valence-corrected chi connectivity index (χ4v) is 2.61. The van der Waals surface area contributed by atoms with Crippen molar-refractivity contribution in [3.05, 3.63) is 0 Å². The summed E-state index contributed by atoms with van der Waals surface area (Å²) in [5, 5.41) is 0. The predicted molar refractivity (Wildman–Crippen MR) is 67.0 cm³/mol. The Balaban J connectivity index is 3.03. The van der Waals surface area contributed by atoms with Gasteiger partial charge in [-0.1, -0.05) is 20.8 Å². The molecule has 0 saturated carbocycles. The number of ether oxygens (including phenoxy) is 1. The topological polar surface area (TPSA) is 60.4 Å². The van der Waals surface area contributed by atoms with Gasteiger partial charge in [-0.05, 0) is 26.2 Å². The van der Waals surface area contributed by atoms with E-state index in [1.807, 2.05) is 20.8 Å². The van der Waals surface area contributed by atoms with Gasteiger partial charge in [-0.2, -0.15) is 0 Å². The first kappa shape index (κ1) is 14.9. The first-order valence-electron chi connectivity index (χ1n) is 6.70. The zero-order valence-electron chi connectivity index (χ0n) is 11.6. The number of Topliss-reactive ketones (excluding diaryl/α,β-unsaturated/α-hetero) is 2. The van der Waals surface area contributed by atoms with Crippen molar-refractivity contribution in [3.63, 3.8) is 0 Å². The molecule has 102 valence electrons. The van der Waals surface area contributed by atoms with Gasteiger partial charge in [0, 0.05) is 6.42 Å². The number of ketones is 2. The molecule has 3 atom stereocenters. The maximum absolute atomic E-state index is 12.3. The minimum Gasteiger partial charge on any atom is -0.458 e. The monoisotopic (exact) mass is 254 g/mol. The SMILES string of the molecule is CCCC(=O)C1C(=O)OC(C)(CC)C(CC)C1=O. The van der Waals surface area contributed by atoms with Crippen molar-refractivity contribution in [1.29, 1.82) is 0 Å². The van der Waals surface area contributed by atoms with E-state index in [-0.39, 0.29) is 23.9 Å². The molecule has 0 bridgehead atoms. The Morgan fingerprint density at radius 3 is 2.33 bits per heavy atom. The Morgan fingerprint density at radius 1 is 1.28 bits per heavy atom. The predicted octanol–water partition coefficient (Wildman–Crippen LogP) is 2.29. The van der Waals surface area contributed by atoms with E-state index < -0.39 is 17.5 Å². The van der Waals surface area contributed by atoms with Gasteiger partial charge in [0.1, 0.15) is 5.60 Å². The van der Waals surface area contributed by atoms with Crippen molar-refractivity contribution in [1.82, 2.24) is 0 Å². The van der Waals surface area contributed by atoms with E-state index in [0.29, 0.717) is 19.3 Å². The van der Waals surface area contributed by atoms with Crippen LogP contribution in [-0.2, 0) is 19.1 Å². The molecule has 0 radical (unpaired) electrons. The van der Waals surface area contributed by atoms with Gasteiger partial charge < -0.3 is 4.74 Å². The Labute approximate surface area is 108 Å². The second kappa shape index (κ2) is 5.63. The highest BCUT2D eigenvalue weighted by Gasteiger charge is 2.52. The number of cyclic esters (lactones) is 1. The summed E-state index contributed by atoms with van der Waals surface area (Å²) in [6, 6.07) is 0. The van der Waals surface area contributed by atoms with E-state index in [1.54, 1.807) is 6.92 Å². The molecule has 0 N–H and O–H groups in total.